The first-order valence-electron chi connectivity index (χ1n) is 8.80. The normalized spacial score (nSPS) is 28.4. The average Bonchev–Trinajstić information content (AvgIpc) is 3.06. The van der Waals surface area contributed by atoms with E-state index in [9.17, 15) is 15.3 Å². The smallest absolute Gasteiger partial charge is 0.160 e. The van der Waals surface area contributed by atoms with Gasteiger partial charge in [-0.25, -0.2) is 0 Å². The fourth-order valence-electron chi connectivity index (χ4n) is 3.91. The predicted octanol–water partition coefficient (Wildman–Crippen LogP) is 2.56. The van der Waals surface area contributed by atoms with E-state index in [2.05, 4.69) is 0 Å². The van der Waals surface area contributed by atoms with E-state index in [0.29, 0.717) is 24.5 Å². The number of aromatic hydroxyl groups is 1. The molecule has 1 aliphatic carbocycles. The van der Waals surface area contributed by atoms with Gasteiger partial charge in [-0.15, -0.1) is 0 Å². The summed E-state index contributed by atoms with van der Waals surface area (Å²) in [6.45, 7) is 0.592. The van der Waals surface area contributed by atoms with Gasteiger partial charge in [0.2, 0.25) is 0 Å². The SMILES string of the molecule is COC1=C(O)C=CC([C@@H]2OC[C@@H](Cc3ccc(O)c(OC)c3)[C@H]2CO)C1. The molecule has 0 spiro atoms. The second kappa shape index (κ2) is 8.01. The van der Waals surface area contributed by atoms with Crippen LogP contribution in [0.4, 0.5) is 0 Å². The zero-order valence-corrected chi connectivity index (χ0v) is 15.1. The van der Waals surface area contributed by atoms with E-state index in [0.717, 1.165) is 12.0 Å². The maximum Gasteiger partial charge on any atom is 0.160 e. The van der Waals surface area contributed by atoms with Crippen molar-refractivity contribution >= 4 is 0 Å². The van der Waals surface area contributed by atoms with Gasteiger partial charge in [0, 0.05) is 24.9 Å². The van der Waals surface area contributed by atoms with Crippen molar-refractivity contribution in [3.05, 3.63) is 47.4 Å². The maximum absolute atomic E-state index is 9.97. The van der Waals surface area contributed by atoms with Crippen LogP contribution in [0.5, 0.6) is 11.5 Å². The van der Waals surface area contributed by atoms with Crippen molar-refractivity contribution in [1.82, 2.24) is 0 Å². The summed E-state index contributed by atoms with van der Waals surface area (Å²) in [6, 6.07) is 5.31. The summed E-state index contributed by atoms with van der Waals surface area (Å²) >= 11 is 0. The molecule has 6 nitrogen and oxygen atoms in total. The predicted molar refractivity (Wildman–Crippen MR) is 96.1 cm³/mol. The molecule has 3 rings (SSSR count). The lowest BCUT2D eigenvalue weighted by Gasteiger charge is -2.28. The minimum absolute atomic E-state index is 0.0113. The monoisotopic (exact) mass is 362 g/mol. The summed E-state index contributed by atoms with van der Waals surface area (Å²) in [7, 11) is 3.07. The molecule has 142 valence electrons. The lowest BCUT2D eigenvalue weighted by molar-refractivity contribution is 0.0357. The van der Waals surface area contributed by atoms with E-state index in [1.54, 1.807) is 19.3 Å². The summed E-state index contributed by atoms with van der Waals surface area (Å²) < 4.78 is 16.5. The molecule has 6 heteroatoms. The topological polar surface area (TPSA) is 88.4 Å². The summed E-state index contributed by atoms with van der Waals surface area (Å²) in [4.78, 5) is 0. The molecule has 1 aliphatic heterocycles. The van der Waals surface area contributed by atoms with Crippen LogP contribution in [0.2, 0.25) is 0 Å². The summed E-state index contributed by atoms with van der Waals surface area (Å²) in [5.74, 6) is 1.46. The molecule has 2 aliphatic rings. The van der Waals surface area contributed by atoms with Crippen molar-refractivity contribution < 1.29 is 29.5 Å². The number of ether oxygens (including phenoxy) is 3. The number of hydrogen-bond acceptors (Lipinski definition) is 6. The molecule has 0 amide bonds. The van der Waals surface area contributed by atoms with Gasteiger partial charge in [0.15, 0.2) is 17.3 Å². The van der Waals surface area contributed by atoms with Gasteiger partial charge in [0.25, 0.3) is 0 Å². The number of phenols is 1. The van der Waals surface area contributed by atoms with Crippen molar-refractivity contribution in [2.24, 2.45) is 17.8 Å². The fraction of sp³-hybridized carbons (Fsp3) is 0.500. The standard InChI is InChI=1S/C20H26O6/c1-24-18-8-12(3-5-16(18)22)7-14-11-26-20(15(14)10-21)13-4-6-17(23)19(9-13)25-2/h3-6,8,13-15,20-23H,7,9-11H2,1-2H3/t13?,14-,15-,20+/m1/s1. The number of aliphatic hydroxyl groups excluding tert-OH is 2. The van der Waals surface area contributed by atoms with Crippen LogP contribution in [0, 0.1) is 17.8 Å². The third-order valence-electron chi connectivity index (χ3n) is 5.36. The second-order valence-corrected chi connectivity index (χ2v) is 6.85. The van der Waals surface area contributed by atoms with Crippen LogP contribution in [0.15, 0.2) is 41.9 Å². The molecule has 1 unspecified atom stereocenters. The molecule has 1 aromatic rings. The van der Waals surface area contributed by atoms with E-state index in [1.165, 1.54) is 7.11 Å². The minimum atomic E-state index is -0.126. The largest absolute Gasteiger partial charge is 0.505 e. The van der Waals surface area contributed by atoms with E-state index < -0.39 is 0 Å². The third kappa shape index (κ3) is 3.66. The highest BCUT2D eigenvalue weighted by atomic mass is 16.5. The first-order chi connectivity index (χ1) is 12.6. The van der Waals surface area contributed by atoms with E-state index in [1.807, 2.05) is 18.2 Å². The Labute approximate surface area is 153 Å². The second-order valence-electron chi connectivity index (χ2n) is 6.85. The van der Waals surface area contributed by atoms with Crippen molar-refractivity contribution in [2.45, 2.75) is 18.9 Å². The Kier molecular flexibility index (Phi) is 5.74. The van der Waals surface area contributed by atoms with E-state index in [-0.39, 0.29) is 42.0 Å². The molecule has 0 saturated carbocycles. The average molecular weight is 362 g/mol. The summed E-state index contributed by atoms with van der Waals surface area (Å²) in [5.41, 5.74) is 1.03. The number of benzene rings is 1. The van der Waals surface area contributed by atoms with Gasteiger partial charge in [-0.2, -0.15) is 0 Å². The summed E-state index contributed by atoms with van der Waals surface area (Å²) in [5, 5.41) is 29.5. The maximum atomic E-state index is 9.97. The highest BCUT2D eigenvalue weighted by Gasteiger charge is 2.41. The molecule has 0 radical (unpaired) electrons. The molecule has 1 fully saturated rings. The van der Waals surface area contributed by atoms with Gasteiger partial charge >= 0.3 is 0 Å². The number of aliphatic hydroxyl groups is 2. The van der Waals surface area contributed by atoms with Gasteiger partial charge in [-0.05, 0) is 36.1 Å². The lowest BCUT2D eigenvalue weighted by Crippen LogP contribution is -2.32. The van der Waals surface area contributed by atoms with E-state index >= 15 is 0 Å². The Hall–Kier alpha value is -2.18. The highest BCUT2D eigenvalue weighted by Crippen LogP contribution is 2.39. The highest BCUT2D eigenvalue weighted by molar-refractivity contribution is 5.42. The molecule has 1 heterocycles. The van der Waals surface area contributed by atoms with Crippen molar-refractivity contribution in [1.29, 1.82) is 0 Å². The molecule has 3 N–H and O–H groups in total. The summed E-state index contributed by atoms with van der Waals surface area (Å²) in [6.07, 6.45) is 4.73. The Morgan fingerprint density at radius 2 is 2.00 bits per heavy atom. The Bertz CT molecular complexity index is 696. The number of rotatable bonds is 6. The van der Waals surface area contributed by atoms with Gasteiger partial charge in [-0.3, -0.25) is 0 Å². The molecular weight excluding hydrogens is 336 g/mol. The molecule has 1 aromatic carbocycles. The molecular formula is C20H26O6. The Morgan fingerprint density at radius 1 is 1.19 bits per heavy atom. The van der Waals surface area contributed by atoms with Crippen molar-refractivity contribution in [2.75, 3.05) is 27.4 Å². The lowest BCUT2D eigenvalue weighted by atomic mass is 9.79. The number of allylic oxidation sites excluding steroid dienone is 2. The van der Waals surface area contributed by atoms with Gasteiger partial charge in [-0.1, -0.05) is 12.1 Å². The van der Waals surface area contributed by atoms with Crippen LogP contribution >= 0.6 is 0 Å². The van der Waals surface area contributed by atoms with Crippen molar-refractivity contribution in [3.8, 4) is 11.5 Å². The van der Waals surface area contributed by atoms with Crippen LogP contribution in [-0.4, -0.2) is 48.9 Å². The van der Waals surface area contributed by atoms with Gasteiger partial charge in [0.05, 0.1) is 26.9 Å². The molecule has 0 aromatic heterocycles. The number of methoxy groups -OCH3 is 2. The first-order valence-corrected chi connectivity index (χ1v) is 8.80. The number of hydrogen-bond donors (Lipinski definition) is 3. The van der Waals surface area contributed by atoms with Crippen LogP contribution < -0.4 is 4.74 Å². The minimum Gasteiger partial charge on any atom is -0.505 e. The fourth-order valence-corrected chi connectivity index (χ4v) is 3.91. The zero-order valence-electron chi connectivity index (χ0n) is 15.1. The van der Waals surface area contributed by atoms with Crippen LogP contribution in [0.25, 0.3) is 0 Å². The molecule has 0 bridgehead atoms. The quantitative estimate of drug-likeness (QED) is 0.721. The first kappa shape index (κ1) is 18.6. The van der Waals surface area contributed by atoms with Crippen LogP contribution in [0.3, 0.4) is 0 Å². The van der Waals surface area contributed by atoms with Crippen molar-refractivity contribution in [3.63, 3.8) is 0 Å². The molecule has 4 atom stereocenters. The molecule has 1 saturated heterocycles. The Morgan fingerprint density at radius 3 is 2.69 bits per heavy atom. The van der Waals surface area contributed by atoms with Crippen LogP contribution in [-0.2, 0) is 15.9 Å². The van der Waals surface area contributed by atoms with Gasteiger partial charge < -0.3 is 29.5 Å². The molecule has 26 heavy (non-hydrogen) atoms. The zero-order chi connectivity index (χ0) is 18.7. The number of phenolic OH excluding ortho intramolecular Hbond substituents is 1. The third-order valence-corrected chi connectivity index (χ3v) is 5.36. The van der Waals surface area contributed by atoms with Gasteiger partial charge in [0.1, 0.15) is 5.76 Å². The van der Waals surface area contributed by atoms with E-state index in [4.69, 9.17) is 14.2 Å². The van der Waals surface area contributed by atoms with Crippen LogP contribution in [0.1, 0.15) is 12.0 Å². The Balaban J connectivity index is 1.71.